The van der Waals surface area contributed by atoms with Gasteiger partial charge in [-0.1, -0.05) is 0 Å². The number of rotatable bonds is 5. The predicted octanol–water partition coefficient (Wildman–Crippen LogP) is 2.72. The van der Waals surface area contributed by atoms with Gasteiger partial charge in [0, 0.05) is 31.0 Å². The Morgan fingerprint density at radius 2 is 1.93 bits per heavy atom. The van der Waals surface area contributed by atoms with Gasteiger partial charge in [0.05, 0.1) is 5.92 Å². The number of halogens is 1. The molecular formula is C20H20FN5O. The van der Waals surface area contributed by atoms with Crippen molar-refractivity contribution in [2.24, 2.45) is 0 Å². The molecule has 0 spiro atoms. The molecule has 7 heteroatoms. The van der Waals surface area contributed by atoms with Crippen molar-refractivity contribution >= 4 is 5.91 Å². The number of fused-ring (bicyclic) bond motifs is 1. The summed E-state index contributed by atoms with van der Waals surface area (Å²) in [5, 5.41) is 11.5. The predicted molar refractivity (Wildman–Crippen MR) is 98.3 cm³/mol. The second-order valence-electron chi connectivity index (χ2n) is 6.63. The van der Waals surface area contributed by atoms with E-state index in [4.69, 9.17) is 0 Å². The average molecular weight is 365 g/mol. The second kappa shape index (κ2) is 7.65. The van der Waals surface area contributed by atoms with Crippen LogP contribution in [-0.4, -0.2) is 32.2 Å². The zero-order valence-electron chi connectivity index (χ0n) is 14.8. The van der Waals surface area contributed by atoms with E-state index < -0.39 is 0 Å². The van der Waals surface area contributed by atoms with E-state index in [9.17, 15) is 9.18 Å². The molecule has 1 amide bonds. The standard InChI is InChI=1S/C20H20FN5O/c21-16-5-3-15(4-6-16)18-24-25-19-17(2-1-13-26(18)19)20(27)23-12-9-14-7-10-22-11-8-14/h3-8,10-11,17H,1-2,9,12-13H2,(H,23,27). The fraction of sp³-hybridized carbons (Fsp3) is 0.300. The molecule has 3 aromatic rings. The number of carbonyl (C=O) groups excluding carboxylic acids is 1. The zero-order chi connectivity index (χ0) is 18.6. The maximum absolute atomic E-state index is 13.2. The Morgan fingerprint density at radius 1 is 1.15 bits per heavy atom. The molecule has 138 valence electrons. The quantitative estimate of drug-likeness (QED) is 0.755. The number of hydrogen-bond donors (Lipinski definition) is 1. The number of amides is 1. The maximum atomic E-state index is 13.2. The van der Waals surface area contributed by atoms with Gasteiger partial charge in [-0.3, -0.25) is 9.78 Å². The lowest BCUT2D eigenvalue weighted by Gasteiger charge is -2.23. The lowest BCUT2D eigenvalue weighted by molar-refractivity contribution is -0.123. The highest BCUT2D eigenvalue weighted by Crippen LogP contribution is 2.30. The minimum absolute atomic E-state index is 0.0249. The minimum Gasteiger partial charge on any atom is -0.355 e. The van der Waals surface area contributed by atoms with Crippen LogP contribution in [0.3, 0.4) is 0 Å². The first-order valence-electron chi connectivity index (χ1n) is 9.08. The first kappa shape index (κ1) is 17.3. The van der Waals surface area contributed by atoms with Crippen LogP contribution in [0, 0.1) is 5.82 Å². The first-order valence-corrected chi connectivity index (χ1v) is 9.08. The molecule has 1 aliphatic heterocycles. The van der Waals surface area contributed by atoms with Crippen LogP contribution in [0.1, 0.15) is 30.1 Å². The third-order valence-electron chi connectivity index (χ3n) is 4.85. The van der Waals surface area contributed by atoms with E-state index in [1.807, 2.05) is 16.7 Å². The minimum atomic E-state index is -0.308. The van der Waals surface area contributed by atoms with Gasteiger partial charge in [0.2, 0.25) is 5.91 Å². The van der Waals surface area contributed by atoms with E-state index in [1.54, 1.807) is 24.5 Å². The smallest absolute Gasteiger partial charge is 0.230 e. The van der Waals surface area contributed by atoms with Crippen LogP contribution in [0.2, 0.25) is 0 Å². The lowest BCUT2D eigenvalue weighted by Crippen LogP contribution is -2.34. The fourth-order valence-electron chi connectivity index (χ4n) is 3.44. The van der Waals surface area contributed by atoms with Crippen LogP contribution < -0.4 is 5.32 Å². The number of pyridine rings is 1. The number of carbonyl (C=O) groups is 1. The van der Waals surface area contributed by atoms with E-state index in [0.29, 0.717) is 18.2 Å². The highest BCUT2D eigenvalue weighted by Gasteiger charge is 2.30. The molecule has 6 nitrogen and oxygen atoms in total. The molecule has 2 aromatic heterocycles. The third kappa shape index (κ3) is 3.72. The summed E-state index contributed by atoms with van der Waals surface area (Å²) in [5.41, 5.74) is 1.93. The van der Waals surface area contributed by atoms with E-state index in [0.717, 1.165) is 36.9 Å². The number of nitrogens with zero attached hydrogens (tertiary/aromatic N) is 4. The van der Waals surface area contributed by atoms with Crippen LogP contribution in [0.5, 0.6) is 0 Å². The van der Waals surface area contributed by atoms with Gasteiger partial charge in [-0.05, 0) is 61.2 Å². The Labute approximate surface area is 156 Å². The Bertz CT molecular complexity index is 923. The van der Waals surface area contributed by atoms with Crippen molar-refractivity contribution in [2.45, 2.75) is 31.7 Å². The highest BCUT2D eigenvalue weighted by atomic mass is 19.1. The summed E-state index contributed by atoms with van der Waals surface area (Å²) in [6.45, 7) is 1.33. The van der Waals surface area contributed by atoms with Crippen molar-refractivity contribution in [3.05, 3.63) is 66.0 Å². The normalized spacial score (nSPS) is 16.0. The van der Waals surface area contributed by atoms with Crippen molar-refractivity contribution in [1.82, 2.24) is 25.1 Å². The molecule has 0 saturated heterocycles. The number of benzene rings is 1. The molecule has 27 heavy (non-hydrogen) atoms. The molecule has 3 heterocycles. The van der Waals surface area contributed by atoms with Gasteiger partial charge in [0.15, 0.2) is 5.82 Å². The van der Waals surface area contributed by atoms with E-state index in [2.05, 4.69) is 20.5 Å². The van der Waals surface area contributed by atoms with Crippen molar-refractivity contribution < 1.29 is 9.18 Å². The molecule has 1 aliphatic rings. The molecule has 0 saturated carbocycles. The Kier molecular flexibility index (Phi) is 4.91. The highest BCUT2D eigenvalue weighted by molar-refractivity contribution is 5.83. The van der Waals surface area contributed by atoms with Gasteiger partial charge in [-0.15, -0.1) is 10.2 Å². The molecule has 0 bridgehead atoms. The van der Waals surface area contributed by atoms with Crippen LogP contribution in [-0.2, 0) is 17.8 Å². The van der Waals surface area contributed by atoms with Crippen LogP contribution in [0.25, 0.3) is 11.4 Å². The Hall–Kier alpha value is -3.09. The summed E-state index contributed by atoms with van der Waals surface area (Å²) in [4.78, 5) is 16.7. The van der Waals surface area contributed by atoms with Crippen LogP contribution >= 0.6 is 0 Å². The van der Waals surface area contributed by atoms with Crippen LogP contribution in [0.4, 0.5) is 4.39 Å². The summed E-state index contributed by atoms with van der Waals surface area (Å²) in [6.07, 6.45) is 5.88. The first-order chi connectivity index (χ1) is 13.2. The fourth-order valence-corrected chi connectivity index (χ4v) is 3.44. The Morgan fingerprint density at radius 3 is 2.70 bits per heavy atom. The number of aromatic nitrogens is 4. The van der Waals surface area contributed by atoms with Crippen LogP contribution in [0.15, 0.2) is 48.8 Å². The third-order valence-corrected chi connectivity index (χ3v) is 4.85. The van der Waals surface area contributed by atoms with E-state index >= 15 is 0 Å². The summed E-state index contributed by atoms with van der Waals surface area (Å²) in [7, 11) is 0. The molecule has 4 rings (SSSR count). The van der Waals surface area contributed by atoms with Crippen molar-refractivity contribution in [2.75, 3.05) is 6.54 Å². The molecule has 1 unspecified atom stereocenters. The SMILES string of the molecule is O=C(NCCc1ccncc1)C1CCCn2c(-c3ccc(F)cc3)nnc21. The lowest BCUT2D eigenvalue weighted by atomic mass is 9.97. The van der Waals surface area contributed by atoms with Gasteiger partial charge >= 0.3 is 0 Å². The van der Waals surface area contributed by atoms with Gasteiger partial charge in [-0.25, -0.2) is 4.39 Å². The van der Waals surface area contributed by atoms with E-state index in [1.165, 1.54) is 12.1 Å². The molecular weight excluding hydrogens is 345 g/mol. The molecule has 1 N–H and O–H groups in total. The van der Waals surface area contributed by atoms with Crippen molar-refractivity contribution in [3.63, 3.8) is 0 Å². The molecule has 0 fully saturated rings. The zero-order valence-corrected chi connectivity index (χ0v) is 14.8. The molecule has 1 atom stereocenters. The van der Waals surface area contributed by atoms with Gasteiger partial charge in [0.25, 0.3) is 0 Å². The second-order valence-corrected chi connectivity index (χ2v) is 6.63. The van der Waals surface area contributed by atoms with E-state index in [-0.39, 0.29) is 17.6 Å². The summed E-state index contributed by atoms with van der Waals surface area (Å²) < 4.78 is 15.2. The van der Waals surface area contributed by atoms with Gasteiger partial charge in [-0.2, -0.15) is 0 Å². The topological polar surface area (TPSA) is 72.7 Å². The Balaban J connectivity index is 1.46. The molecule has 1 aromatic carbocycles. The van der Waals surface area contributed by atoms with Crippen molar-refractivity contribution in [3.8, 4) is 11.4 Å². The molecule has 0 aliphatic carbocycles. The van der Waals surface area contributed by atoms with Gasteiger partial charge in [0.1, 0.15) is 11.6 Å². The average Bonchev–Trinajstić information content (AvgIpc) is 3.13. The monoisotopic (exact) mass is 365 g/mol. The molecule has 0 radical (unpaired) electrons. The largest absolute Gasteiger partial charge is 0.355 e. The summed E-state index contributed by atoms with van der Waals surface area (Å²) >= 11 is 0. The van der Waals surface area contributed by atoms with Crippen molar-refractivity contribution in [1.29, 1.82) is 0 Å². The number of hydrogen-bond acceptors (Lipinski definition) is 4. The summed E-state index contributed by atoms with van der Waals surface area (Å²) in [5.74, 6) is 0.741. The number of nitrogens with one attached hydrogen (secondary N) is 1. The van der Waals surface area contributed by atoms with Gasteiger partial charge < -0.3 is 9.88 Å². The maximum Gasteiger partial charge on any atom is 0.230 e. The summed E-state index contributed by atoms with van der Waals surface area (Å²) in [6, 6.07) is 10.1.